The fraction of sp³-hybridized carbons (Fsp3) is 0.211. The standard InChI is InChI=1S/C19H17N5O2/c1-24-16-9-8-13(26-2)10-14(16)18(19(24)25)23-22-17-11-15(20-21-17)12-6-4-3-5-7-12/h3-10,15H,11H2,1-2H3/b22-17-,23-18-/t15-/m1/s1. The van der Waals surface area contributed by atoms with E-state index in [-0.39, 0.29) is 17.7 Å². The van der Waals surface area contributed by atoms with Crippen LogP contribution in [0.5, 0.6) is 5.75 Å². The largest absolute Gasteiger partial charge is 0.497 e. The molecule has 0 saturated carbocycles. The van der Waals surface area contributed by atoms with Gasteiger partial charge in [-0.1, -0.05) is 30.3 Å². The maximum Gasteiger partial charge on any atom is 0.279 e. The third-order valence-electron chi connectivity index (χ3n) is 4.47. The monoisotopic (exact) mass is 347 g/mol. The van der Waals surface area contributed by atoms with Gasteiger partial charge in [0.05, 0.1) is 12.8 Å². The molecule has 4 rings (SSSR count). The molecule has 26 heavy (non-hydrogen) atoms. The number of benzene rings is 2. The summed E-state index contributed by atoms with van der Waals surface area (Å²) >= 11 is 0. The van der Waals surface area contributed by atoms with Crippen LogP contribution < -0.4 is 9.64 Å². The number of rotatable bonds is 3. The Hall–Kier alpha value is -3.35. The van der Waals surface area contributed by atoms with E-state index in [0.717, 1.165) is 11.3 Å². The number of amides is 1. The molecule has 2 aliphatic rings. The van der Waals surface area contributed by atoms with Crippen molar-refractivity contribution in [2.45, 2.75) is 12.5 Å². The number of methoxy groups -OCH3 is 1. The summed E-state index contributed by atoms with van der Waals surface area (Å²) in [6.45, 7) is 0. The molecule has 0 bridgehead atoms. The second kappa shape index (κ2) is 6.51. The van der Waals surface area contributed by atoms with Gasteiger partial charge in [-0.2, -0.15) is 5.11 Å². The molecule has 7 nitrogen and oxygen atoms in total. The molecule has 1 amide bonds. The quantitative estimate of drug-likeness (QED) is 0.798. The van der Waals surface area contributed by atoms with E-state index in [1.54, 1.807) is 25.1 Å². The smallest absolute Gasteiger partial charge is 0.279 e. The Balaban J connectivity index is 1.61. The Bertz CT molecular complexity index is 950. The zero-order valence-corrected chi connectivity index (χ0v) is 14.5. The number of likely N-dealkylation sites (N-methyl/N-ethyl adjacent to an activating group) is 1. The van der Waals surface area contributed by atoms with Gasteiger partial charge in [-0.05, 0) is 23.8 Å². The average molecular weight is 347 g/mol. The molecule has 2 aromatic rings. The summed E-state index contributed by atoms with van der Waals surface area (Å²) in [6, 6.07) is 15.3. The van der Waals surface area contributed by atoms with Gasteiger partial charge in [-0.3, -0.25) is 4.79 Å². The van der Waals surface area contributed by atoms with Crippen LogP contribution in [0.15, 0.2) is 69.0 Å². The predicted molar refractivity (Wildman–Crippen MR) is 99.0 cm³/mol. The van der Waals surface area contributed by atoms with Crippen LogP contribution in [0.1, 0.15) is 23.6 Å². The molecule has 2 aliphatic heterocycles. The number of nitrogens with zero attached hydrogens (tertiary/aromatic N) is 5. The molecule has 0 radical (unpaired) electrons. The van der Waals surface area contributed by atoms with E-state index in [4.69, 9.17) is 4.74 Å². The van der Waals surface area contributed by atoms with Crippen LogP contribution >= 0.6 is 0 Å². The van der Waals surface area contributed by atoms with Gasteiger partial charge >= 0.3 is 0 Å². The third-order valence-corrected chi connectivity index (χ3v) is 4.47. The van der Waals surface area contributed by atoms with Gasteiger partial charge in [0, 0.05) is 19.0 Å². The fourth-order valence-electron chi connectivity index (χ4n) is 3.02. The van der Waals surface area contributed by atoms with Crippen molar-refractivity contribution < 1.29 is 9.53 Å². The molecule has 0 saturated heterocycles. The lowest BCUT2D eigenvalue weighted by atomic mass is 10.1. The van der Waals surface area contributed by atoms with Crippen molar-refractivity contribution in [1.82, 2.24) is 0 Å². The lowest BCUT2D eigenvalue weighted by molar-refractivity contribution is -0.111. The van der Waals surface area contributed by atoms with Gasteiger partial charge in [0.25, 0.3) is 5.91 Å². The summed E-state index contributed by atoms with van der Waals surface area (Å²) in [4.78, 5) is 14.0. The first-order chi connectivity index (χ1) is 12.7. The highest BCUT2D eigenvalue weighted by Gasteiger charge is 2.32. The van der Waals surface area contributed by atoms with Crippen molar-refractivity contribution in [3.05, 3.63) is 59.7 Å². The molecule has 7 heteroatoms. The van der Waals surface area contributed by atoms with Crippen molar-refractivity contribution in [3.8, 4) is 5.75 Å². The molecule has 0 spiro atoms. The number of ether oxygens (including phenoxy) is 1. The predicted octanol–water partition coefficient (Wildman–Crippen LogP) is 3.37. The highest BCUT2D eigenvalue weighted by Crippen LogP contribution is 2.32. The summed E-state index contributed by atoms with van der Waals surface area (Å²) in [5.74, 6) is 0.974. The molecule has 2 heterocycles. The normalized spacial score (nSPS) is 21.7. The first kappa shape index (κ1) is 16.1. The van der Waals surface area contributed by atoms with Crippen molar-refractivity contribution >= 4 is 23.1 Å². The van der Waals surface area contributed by atoms with E-state index in [1.807, 2.05) is 42.5 Å². The second-order valence-corrected chi connectivity index (χ2v) is 6.06. The maximum atomic E-state index is 12.5. The first-order valence-electron chi connectivity index (χ1n) is 8.24. The summed E-state index contributed by atoms with van der Waals surface area (Å²) in [6.07, 6.45) is 0.565. The highest BCUT2D eigenvalue weighted by atomic mass is 16.5. The van der Waals surface area contributed by atoms with E-state index in [9.17, 15) is 4.79 Å². The lowest BCUT2D eigenvalue weighted by Gasteiger charge is -2.08. The summed E-state index contributed by atoms with van der Waals surface area (Å²) in [5.41, 5.74) is 2.86. The van der Waals surface area contributed by atoms with Crippen LogP contribution in [0.3, 0.4) is 0 Å². The number of azo groups is 1. The fourth-order valence-corrected chi connectivity index (χ4v) is 3.02. The number of fused-ring (bicyclic) bond motifs is 1. The molecule has 0 aromatic heterocycles. The van der Waals surface area contributed by atoms with Crippen LogP contribution in [-0.4, -0.2) is 31.6 Å². The van der Waals surface area contributed by atoms with Gasteiger partial charge < -0.3 is 9.64 Å². The van der Waals surface area contributed by atoms with Crippen molar-refractivity contribution in [2.24, 2.45) is 20.4 Å². The average Bonchev–Trinajstić information content (AvgIpc) is 3.25. The zero-order valence-electron chi connectivity index (χ0n) is 14.5. The zero-order chi connectivity index (χ0) is 18.1. The molecular formula is C19H17N5O2. The van der Waals surface area contributed by atoms with Gasteiger partial charge in [0.2, 0.25) is 0 Å². The van der Waals surface area contributed by atoms with Gasteiger partial charge in [0.15, 0.2) is 11.5 Å². The second-order valence-electron chi connectivity index (χ2n) is 6.06. The van der Waals surface area contributed by atoms with Crippen molar-refractivity contribution in [3.63, 3.8) is 0 Å². The number of carbonyl (C=O) groups excluding carboxylic acids is 1. The molecule has 2 aromatic carbocycles. The first-order valence-corrected chi connectivity index (χ1v) is 8.24. The summed E-state index contributed by atoms with van der Waals surface area (Å²) in [7, 11) is 3.30. The topological polar surface area (TPSA) is 79.0 Å². The van der Waals surface area contributed by atoms with Crippen molar-refractivity contribution in [1.29, 1.82) is 0 Å². The van der Waals surface area contributed by atoms with Gasteiger partial charge in [0.1, 0.15) is 11.8 Å². The molecule has 1 atom stereocenters. The Morgan fingerprint density at radius 2 is 1.96 bits per heavy atom. The molecule has 130 valence electrons. The van der Waals surface area contributed by atoms with Crippen LogP contribution in [0.25, 0.3) is 0 Å². The number of carbonyl (C=O) groups is 1. The van der Waals surface area contributed by atoms with Crippen molar-refractivity contribution in [2.75, 3.05) is 19.1 Å². The van der Waals surface area contributed by atoms with Crippen LogP contribution in [0, 0.1) is 0 Å². The van der Waals surface area contributed by atoms with Gasteiger partial charge in [-0.25, -0.2) is 0 Å². The van der Waals surface area contributed by atoms with Crippen LogP contribution in [0.2, 0.25) is 0 Å². The van der Waals surface area contributed by atoms with Crippen LogP contribution in [0.4, 0.5) is 5.69 Å². The van der Waals surface area contributed by atoms with Crippen LogP contribution in [-0.2, 0) is 4.79 Å². The number of hydrogen-bond acceptors (Lipinski definition) is 5. The molecule has 0 unspecified atom stereocenters. The molecule has 0 fully saturated rings. The molecule has 0 aliphatic carbocycles. The summed E-state index contributed by atoms with van der Waals surface area (Å²) < 4.78 is 5.25. The van der Waals surface area contributed by atoms with E-state index in [1.165, 1.54) is 0 Å². The van der Waals surface area contributed by atoms with E-state index < -0.39 is 0 Å². The number of amidine groups is 1. The van der Waals surface area contributed by atoms with E-state index in [2.05, 4.69) is 20.4 Å². The van der Waals surface area contributed by atoms with E-state index in [0.29, 0.717) is 23.6 Å². The number of anilines is 1. The Kier molecular flexibility index (Phi) is 4.04. The number of hydrogen-bond donors (Lipinski definition) is 0. The van der Waals surface area contributed by atoms with Gasteiger partial charge in [-0.15, -0.1) is 15.3 Å². The lowest BCUT2D eigenvalue weighted by Crippen LogP contribution is -2.25. The van der Waals surface area contributed by atoms with E-state index >= 15 is 0 Å². The Morgan fingerprint density at radius 1 is 1.15 bits per heavy atom. The molecular weight excluding hydrogens is 330 g/mol. The third kappa shape index (κ3) is 2.77. The maximum absolute atomic E-state index is 12.5. The minimum Gasteiger partial charge on any atom is -0.497 e. The minimum absolute atomic E-state index is 0.0514. The Morgan fingerprint density at radius 3 is 2.73 bits per heavy atom. The highest BCUT2D eigenvalue weighted by molar-refractivity contribution is 6.54. The SMILES string of the molecule is COc1ccc2c(c1)/C(=N/N=C1/C[C@H](c3ccccc3)N=N1)C(=O)N2C. The molecule has 0 N–H and O–H groups in total. The Labute approximate surface area is 150 Å². The summed E-state index contributed by atoms with van der Waals surface area (Å²) in [5, 5.41) is 16.7. The minimum atomic E-state index is -0.202.